The van der Waals surface area contributed by atoms with Crippen molar-refractivity contribution in [3.63, 3.8) is 0 Å². The van der Waals surface area contributed by atoms with Crippen LogP contribution in [-0.4, -0.2) is 19.7 Å². The second-order valence-corrected chi connectivity index (χ2v) is 3.39. The molecular weight excluding hydrogens is 200 g/mol. The first-order chi connectivity index (χ1) is 6.77. The van der Waals surface area contributed by atoms with E-state index >= 15 is 0 Å². The maximum Gasteiger partial charge on any atom is 0.330 e. The monoisotopic (exact) mass is 212 g/mol. The molecule has 1 rings (SSSR count). The summed E-state index contributed by atoms with van der Waals surface area (Å²) in [6.45, 7) is 2.54. The van der Waals surface area contributed by atoms with Gasteiger partial charge in [0.15, 0.2) is 0 Å². The summed E-state index contributed by atoms with van der Waals surface area (Å²) in [5.74, 6) is 0.443. The van der Waals surface area contributed by atoms with E-state index in [9.17, 15) is 4.79 Å². The number of methoxy groups -OCH3 is 1. The molecular formula is C10H12O3S. The summed E-state index contributed by atoms with van der Waals surface area (Å²) in [5, 5.41) is 1.92. The van der Waals surface area contributed by atoms with Gasteiger partial charge in [0.1, 0.15) is 5.75 Å². The SMILES string of the molecule is CCOc1ccsc1/C=C/C(=O)OC. The first kappa shape index (κ1) is 10.8. The van der Waals surface area contributed by atoms with Crippen LogP contribution in [0.15, 0.2) is 17.5 Å². The molecule has 0 saturated heterocycles. The zero-order valence-electron chi connectivity index (χ0n) is 8.15. The average molecular weight is 212 g/mol. The highest BCUT2D eigenvalue weighted by Crippen LogP contribution is 2.26. The van der Waals surface area contributed by atoms with E-state index in [0.717, 1.165) is 10.6 Å². The number of ether oxygens (including phenoxy) is 2. The normalized spacial score (nSPS) is 10.4. The molecule has 3 nitrogen and oxygen atoms in total. The minimum atomic E-state index is -0.360. The van der Waals surface area contributed by atoms with Crippen LogP contribution in [0.2, 0.25) is 0 Å². The van der Waals surface area contributed by atoms with Crippen LogP contribution in [0.25, 0.3) is 6.08 Å². The lowest BCUT2D eigenvalue weighted by atomic mass is 10.4. The third-order valence-electron chi connectivity index (χ3n) is 1.53. The highest BCUT2D eigenvalue weighted by atomic mass is 32.1. The maximum atomic E-state index is 10.8. The molecule has 0 aliphatic heterocycles. The molecule has 1 aromatic rings. The Bertz CT molecular complexity index is 328. The van der Waals surface area contributed by atoms with Crippen molar-refractivity contribution in [3.05, 3.63) is 22.4 Å². The fraction of sp³-hybridized carbons (Fsp3) is 0.300. The molecule has 0 bridgehead atoms. The molecule has 0 fully saturated rings. The molecule has 0 spiro atoms. The Morgan fingerprint density at radius 2 is 2.43 bits per heavy atom. The van der Waals surface area contributed by atoms with Gasteiger partial charge in [-0.1, -0.05) is 0 Å². The van der Waals surface area contributed by atoms with Crippen LogP contribution in [0.5, 0.6) is 5.75 Å². The Labute approximate surface area is 87.0 Å². The largest absolute Gasteiger partial charge is 0.492 e. The first-order valence-electron chi connectivity index (χ1n) is 4.24. The van der Waals surface area contributed by atoms with Crippen molar-refractivity contribution in [1.82, 2.24) is 0 Å². The van der Waals surface area contributed by atoms with Gasteiger partial charge in [-0.2, -0.15) is 0 Å². The summed E-state index contributed by atoms with van der Waals surface area (Å²) < 4.78 is 9.84. The van der Waals surface area contributed by atoms with E-state index in [1.165, 1.54) is 24.5 Å². The number of rotatable bonds is 4. The summed E-state index contributed by atoms with van der Waals surface area (Å²) in [7, 11) is 1.35. The van der Waals surface area contributed by atoms with E-state index in [-0.39, 0.29) is 5.97 Å². The van der Waals surface area contributed by atoms with Gasteiger partial charge in [-0.3, -0.25) is 0 Å². The van der Waals surface area contributed by atoms with Crippen LogP contribution in [0, 0.1) is 0 Å². The molecule has 4 heteroatoms. The Balaban J connectivity index is 2.70. The minimum Gasteiger partial charge on any atom is -0.492 e. The van der Waals surface area contributed by atoms with Crippen molar-refractivity contribution in [2.75, 3.05) is 13.7 Å². The lowest BCUT2D eigenvalue weighted by molar-refractivity contribution is -0.134. The van der Waals surface area contributed by atoms with Gasteiger partial charge in [0.25, 0.3) is 0 Å². The van der Waals surface area contributed by atoms with Crippen molar-refractivity contribution < 1.29 is 14.3 Å². The van der Waals surface area contributed by atoms with E-state index in [1.807, 2.05) is 18.4 Å². The number of hydrogen-bond donors (Lipinski definition) is 0. The molecule has 0 saturated carbocycles. The Morgan fingerprint density at radius 3 is 3.07 bits per heavy atom. The van der Waals surface area contributed by atoms with Crippen LogP contribution in [0.3, 0.4) is 0 Å². The summed E-state index contributed by atoms with van der Waals surface area (Å²) in [4.78, 5) is 11.8. The molecule has 1 aromatic heterocycles. The van der Waals surface area contributed by atoms with Crippen LogP contribution in [0.4, 0.5) is 0 Å². The van der Waals surface area contributed by atoms with Crippen molar-refractivity contribution in [2.24, 2.45) is 0 Å². The molecule has 0 radical (unpaired) electrons. The van der Waals surface area contributed by atoms with Crippen molar-refractivity contribution >= 4 is 23.4 Å². The number of thiophene rings is 1. The summed E-state index contributed by atoms with van der Waals surface area (Å²) in [6.07, 6.45) is 3.08. The molecule has 1 heterocycles. The Hall–Kier alpha value is -1.29. The third kappa shape index (κ3) is 2.88. The summed E-state index contributed by atoms with van der Waals surface area (Å²) >= 11 is 1.52. The van der Waals surface area contributed by atoms with Gasteiger partial charge in [0.05, 0.1) is 18.6 Å². The molecule has 0 aliphatic carbocycles. The van der Waals surface area contributed by atoms with Crippen LogP contribution in [0.1, 0.15) is 11.8 Å². The number of carbonyl (C=O) groups excluding carboxylic acids is 1. The zero-order chi connectivity index (χ0) is 10.4. The molecule has 76 valence electrons. The van der Waals surface area contributed by atoms with Crippen molar-refractivity contribution in [1.29, 1.82) is 0 Å². The zero-order valence-corrected chi connectivity index (χ0v) is 8.97. The fourth-order valence-corrected chi connectivity index (χ4v) is 1.65. The van der Waals surface area contributed by atoms with Gasteiger partial charge in [-0.15, -0.1) is 11.3 Å². The van der Waals surface area contributed by atoms with Crippen molar-refractivity contribution in [3.8, 4) is 5.75 Å². The minimum absolute atomic E-state index is 0.360. The predicted octanol–water partition coefficient (Wildman–Crippen LogP) is 2.33. The van der Waals surface area contributed by atoms with E-state index in [4.69, 9.17) is 4.74 Å². The lowest BCUT2D eigenvalue weighted by Gasteiger charge is -1.99. The molecule has 14 heavy (non-hydrogen) atoms. The van der Waals surface area contributed by atoms with Crippen molar-refractivity contribution in [2.45, 2.75) is 6.92 Å². The quantitative estimate of drug-likeness (QED) is 0.567. The van der Waals surface area contributed by atoms with E-state index < -0.39 is 0 Å². The van der Waals surface area contributed by atoms with Crippen LogP contribution in [-0.2, 0) is 9.53 Å². The molecule has 0 N–H and O–H groups in total. The number of hydrogen-bond acceptors (Lipinski definition) is 4. The second-order valence-electron chi connectivity index (χ2n) is 2.44. The highest BCUT2D eigenvalue weighted by molar-refractivity contribution is 7.11. The smallest absolute Gasteiger partial charge is 0.330 e. The molecule has 0 aromatic carbocycles. The Morgan fingerprint density at radius 1 is 1.64 bits per heavy atom. The summed E-state index contributed by atoms with van der Waals surface area (Å²) in [5.41, 5.74) is 0. The third-order valence-corrected chi connectivity index (χ3v) is 2.39. The van der Waals surface area contributed by atoms with Crippen LogP contribution < -0.4 is 4.74 Å². The van der Waals surface area contributed by atoms with Gasteiger partial charge in [0.2, 0.25) is 0 Å². The molecule has 0 unspecified atom stereocenters. The topological polar surface area (TPSA) is 35.5 Å². The standard InChI is InChI=1S/C10H12O3S/c1-3-13-8-6-7-14-9(8)4-5-10(11)12-2/h4-7H,3H2,1-2H3/b5-4+. The summed E-state index contributed by atoms with van der Waals surface area (Å²) in [6, 6.07) is 1.88. The van der Waals surface area contributed by atoms with Gasteiger partial charge in [-0.05, 0) is 24.4 Å². The van der Waals surface area contributed by atoms with Gasteiger partial charge >= 0.3 is 5.97 Å². The van der Waals surface area contributed by atoms with E-state index in [0.29, 0.717) is 6.61 Å². The second kappa shape index (κ2) is 5.44. The average Bonchev–Trinajstić information content (AvgIpc) is 2.62. The highest BCUT2D eigenvalue weighted by Gasteiger charge is 2.01. The van der Waals surface area contributed by atoms with E-state index in [2.05, 4.69) is 4.74 Å². The maximum absolute atomic E-state index is 10.8. The predicted molar refractivity (Wildman–Crippen MR) is 56.5 cm³/mol. The number of carbonyl (C=O) groups is 1. The van der Waals surface area contributed by atoms with Gasteiger partial charge < -0.3 is 9.47 Å². The fourth-order valence-electron chi connectivity index (χ4n) is 0.917. The Kier molecular flexibility index (Phi) is 4.19. The molecule has 0 atom stereocenters. The molecule has 0 aliphatic rings. The van der Waals surface area contributed by atoms with Gasteiger partial charge in [0, 0.05) is 6.08 Å². The van der Waals surface area contributed by atoms with Gasteiger partial charge in [-0.25, -0.2) is 4.79 Å². The lowest BCUT2D eigenvalue weighted by Crippen LogP contribution is -1.94. The van der Waals surface area contributed by atoms with E-state index in [1.54, 1.807) is 6.08 Å². The molecule has 0 amide bonds. The first-order valence-corrected chi connectivity index (χ1v) is 5.12. The van der Waals surface area contributed by atoms with Crippen LogP contribution >= 0.6 is 11.3 Å². The number of esters is 1.